The molecule has 3 rings (SSSR count). The average molecular weight is 432 g/mol. The maximum absolute atomic E-state index is 11.7. The van der Waals surface area contributed by atoms with Gasteiger partial charge in [0.2, 0.25) is 0 Å². The molecule has 0 bridgehead atoms. The molecule has 168 valence electrons. The Morgan fingerprint density at radius 2 is 1.94 bits per heavy atom. The van der Waals surface area contributed by atoms with Crippen LogP contribution in [0.15, 0.2) is 42.5 Å². The van der Waals surface area contributed by atoms with Crippen LogP contribution in [-0.2, 0) is 22.6 Å². The molecule has 8 heteroatoms. The van der Waals surface area contributed by atoms with E-state index >= 15 is 0 Å². The van der Waals surface area contributed by atoms with Gasteiger partial charge in [0.1, 0.15) is 25.1 Å². The Balaban J connectivity index is 1.53. The lowest BCUT2D eigenvalue weighted by Gasteiger charge is -2.23. The van der Waals surface area contributed by atoms with E-state index in [-0.39, 0.29) is 26.2 Å². The molecule has 8 nitrogen and oxygen atoms in total. The SMILES string of the molecule is COc1cc(CO)ccc1OCC(O)COc1cccc(CC2(C(=O)O)CCCO2)c1. The third-order valence-corrected chi connectivity index (χ3v) is 5.17. The Kier molecular flexibility index (Phi) is 7.73. The van der Waals surface area contributed by atoms with E-state index in [4.69, 9.17) is 18.9 Å². The number of aliphatic hydroxyl groups is 2. The lowest BCUT2D eigenvalue weighted by molar-refractivity contribution is -0.159. The van der Waals surface area contributed by atoms with Crippen molar-refractivity contribution in [1.29, 1.82) is 0 Å². The Hall–Kier alpha value is -2.81. The fraction of sp³-hybridized carbons (Fsp3) is 0.435. The van der Waals surface area contributed by atoms with Crippen molar-refractivity contribution in [2.24, 2.45) is 0 Å². The van der Waals surface area contributed by atoms with Gasteiger partial charge in [-0.2, -0.15) is 0 Å². The minimum absolute atomic E-state index is 0.00106. The highest BCUT2D eigenvalue weighted by Crippen LogP contribution is 2.31. The van der Waals surface area contributed by atoms with Crippen LogP contribution in [0.4, 0.5) is 0 Å². The van der Waals surface area contributed by atoms with Gasteiger partial charge in [-0.05, 0) is 48.2 Å². The van der Waals surface area contributed by atoms with E-state index in [0.29, 0.717) is 35.8 Å². The van der Waals surface area contributed by atoms with Crippen LogP contribution in [0.1, 0.15) is 24.0 Å². The van der Waals surface area contributed by atoms with E-state index in [2.05, 4.69) is 0 Å². The number of aliphatic hydroxyl groups excluding tert-OH is 2. The van der Waals surface area contributed by atoms with Crippen LogP contribution in [-0.4, -0.2) is 59.9 Å². The van der Waals surface area contributed by atoms with Crippen molar-refractivity contribution in [2.75, 3.05) is 26.9 Å². The number of methoxy groups -OCH3 is 1. The highest BCUT2D eigenvalue weighted by Gasteiger charge is 2.42. The molecule has 1 aliphatic heterocycles. The molecule has 1 heterocycles. The van der Waals surface area contributed by atoms with Crippen molar-refractivity contribution in [1.82, 2.24) is 0 Å². The van der Waals surface area contributed by atoms with Gasteiger partial charge >= 0.3 is 5.97 Å². The Labute approximate surface area is 180 Å². The lowest BCUT2D eigenvalue weighted by atomic mass is 9.91. The molecule has 1 aliphatic rings. The maximum atomic E-state index is 11.7. The first kappa shape index (κ1) is 22.9. The summed E-state index contributed by atoms with van der Waals surface area (Å²) in [4.78, 5) is 11.7. The summed E-state index contributed by atoms with van der Waals surface area (Å²) in [5.41, 5.74) is 0.304. The van der Waals surface area contributed by atoms with Crippen molar-refractivity contribution in [3.63, 3.8) is 0 Å². The number of hydrogen-bond acceptors (Lipinski definition) is 7. The fourth-order valence-electron chi connectivity index (χ4n) is 3.51. The Morgan fingerprint density at radius 1 is 1.13 bits per heavy atom. The van der Waals surface area contributed by atoms with Gasteiger partial charge in [0.25, 0.3) is 0 Å². The quantitative estimate of drug-likeness (QED) is 0.495. The number of ether oxygens (including phenoxy) is 4. The first-order valence-electron chi connectivity index (χ1n) is 10.1. The van der Waals surface area contributed by atoms with Crippen LogP contribution in [0.3, 0.4) is 0 Å². The zero-order valence-corrected chi connectivity index (χ0v) is 17.5. The van der Waals surface area contributed by atoms with Crippen molar-refractivity contribution in [3.8, 4) is 17.2 Å². The smallest absolute Gasteiger partial charge is 0.336 e. The number of hydrogen-bond donors (Lipinski definition) is 3. The van der Waals surface area contributed by atoms with Gasteiger partial charge in [-0.3, -0.25) is 0 Å². The standard InChI is InChI=1S/C23H28O8/c1-28-21-11-17(13-24)6-7-20(21)30-15-18(25)14-29-19-5-2-4-16(10-19)12-23(22(26)27)8-3-9-31-23/h2,4-7,10-11,18,24-25H,3,8-9,12-15H2,1H3,(H,26,27). The van der Waals surface area contributed by atoms with Crippen molar-refractivity contribution >= 4 is 5.97 Å². The van der Waals surface area contributed by atoms with E-state index < -0.39 is 17.7 Å². The van der Waals surface area contributed by atoms with E-state index in [1.807, 2.05) is 6.07 Å². The molecule has 2 unspecified atom stereocenters. The summed E-state index contributed by atoms with van der Waals surface area (Å²) in [5.74, 6) is 0.497. The second kappa shape index (κ2) is 10.5. The molecule has 0 spiro atoms. The predicted octanol–water partition coefficient (Wildman–Crippen LogP) is 2.18. The van der Waals surface area contributed by atoms with Gasteiger partial charge in [0, 0.05) is 13.0 Å². The summed E-state index contributed by atoms with van der Waals surface area (Å²) in [6.45, 7) is 0.333. The number of aliphatic carboxylic acids is 1. The summed E-state index contributed by atoms with van der Waals surface area (Å²) in [7, 11) is 1.50. The van der Waals surface area contributed by atoms with Crippen LogP contribution in [0.5, 0.6) is 17.2 Å². The van der Waals surface area contributed by atoms with Gasteiger partial charge in [0.15, 0.2) is 17.1 Å². The maximum Gasteiger partial charge on any atom is 0.336 e. The first-order chi connectivity index (χ1) is 15.0. The summed E-state index contributed by atoms with van der Waals surface area (Å²) < 4.78 is 22.0. The number of carbonyl (C=O) groups is 1. The molecule has 0 saturated carbocycles. The molecule has 2 atom stereocenters. The summed E-state index contributed by atoms with van der Waals surface area (Å²) in [5, 5.41) is 29.0. The topological polar surface area (TPSA) is 115 Å². The minimum Gasteiger partial charge on any atom is -0.493 e. The Bertz CT molecular complexity index is 876. The van der Waals surface area contributed by atoms with Gasteiger partial charge in [-0.25, -0.2) is 4.79 Å². The van der Waals surface area contributed by atoms with Gasteiger partial charge < -0.3 is 34.3 Å². The molecular formula is C23H28O8. The number of carboxylic acid groups (broad SMARTS) is 1. The second-order valence-electron chi connectivity index (χ2n) is 7.49. The molecule has 1 fully saturated rings. The summed E-state index contributed by atoms with van der Waals surface area (Å²) in [6.07, 6.45) is 0.567. The zero-order chi connectivity index (χ0) is 22.3. The molecule has 2 aromatic carbocycles. The third kappa shape index (κ3) is 5.88. The molecule has 0 aromatic heterocycles. The Morgan fingerprint density at radius 3 is 2.61 bits per heavy atom. The monoisotopic (exact) mass is 432 g/mol. The molecule has 2 aromatic rings. The molecule has 0 aliphatic carbocycles. The molecule has 0 radical (unpaired) electrons. The highest BCUT2D eigenvalue weighted by molar-refractivity contribution is 5.78. The van der Waals surface area contributed by atoms with Gasteiger partial charge in [-0.1, -0.05) is 18.2 Å². The van der Waals surface area contributed by atoms with E-state index in [1.54, 1.807) is 36.4 Å². The van der Waals surface area contributed by atoms with Crippen LogP contribution < -0.4 is 14.2 Å². The van der Waals surface area contributed by atoms with Crippen molar-refractivity contribution in [3.05, 3.63) is 53.6 Å². The normalized spacial score (nSPS) is 19.1. The van der Waals surface area contributed by atoms with E-state index in [0.717, 1.165) is 12.0 Å². The predicted molar refractivity (Wildman–Crippen MR) is 112 cm³/mol. The summed E-state index contributed by atoms with van der Waals surface area (Å²) >= 11 is 0. The second-order valence-corrected chi connectivity index (χ2v) is 7.49. The van der Waals surface area contributed by atoms with Crippen LogP contribution in [0, 0.1) is 0 Å². The van der Waals surface area contributed by atoms with Crippen LogP contribution in [0.2, 0.25) is 0 Å². The van der Waals surface area contributed by atoms with Crippen LogP contribution >= 0.6 is 0 Å². The van der Waals surface area contributed by atoms with Gasteiger partial charge in [-0.15, -0.1) is 0 Å². The third-order valence-electron chi connectivity index (χ3n) is 5.17. The molecule has 1 saturated heterocycles. The fourth-order valence-corrected chi connectivity index (χ4v) is 3.51. The molecular weight excluding hydrogens is 404 g/mol. The number of carboxylic acids is 1. The largest absolute Gasteiger partial charge is 0.493 e. The zero-order valence-electron chi connectivity index (χ0n) is 17.5. The number of rotatable bonds is 11. The highest BCUT2D eigenvalue weighted by atomic mass is 16.5. The lowest BCUT2D eigenvalue weighted by Crippen LogP contribution is -2.40. The minimum atomic E-state index is -1.18. The number of benzene rings is 2. The van der Waals surface area contributed by atoms with Crippen molar-refractivity contribution in [2.45, 2.75) is 37.6 Å². The van der Waals surface area contributed by atoms with E-state index in [9.17, 15) is 20.1 Å². The summed E-state index contributed by atoms with van der Waals surface area (Å²) in [6, 6.07) is 12.2. The first-order valence-corrected chi connectivity index (χ1v) is 10.1. The van der Waals surface area contributed by atoms with Gasteiger partial charge in [0.05, 0.1) is 13.7 Å². The molecule has 31 heavy (non-hydrogen) atoms. The average Bonchev–Trinajstić information content (AvgIpc) is 3.26. The van der Waals surface area contributed by atoms with Crippen LogP contribution in [0.25, 0.3) is 0 Å². The molecule has 0 amide bonds. The van der Waals surface area contributed by atoms with Crippen molar-refractivity contribution < 1.29 is 39.1 Å². The molecule has 3 N–H and O–H groups in total. The van der Waals surface area contributed by atoms with E-state index in [1.165, 1.54) is 7.11 Å².